The van der Waals surface area contributed by atoms with Crippen molar-refractivity contribution in [2.45, 2.75) is 18.9 Å². The molecule has 2 rings (SSSR count). The molecule has 100 valence electrons. The number of likely N-dealkylation sites (N-methyl/N-ethyl adjacent to an activating group) is 1. The molecule has 1 saturated heterocycles. The molecule has 4 nitrogen and oxygen atoms in total. The van der Waals surface area contributed by atoms with Gasteiger partial charge in [-0.05, 0) is 38.6 Å². The van der Waals surface area contributed by atoms with E-state index in [0.717, 1.165) is 23.7 Å². The molecule has 18 heavy (non-hydrogen) atoms. The van der Waals surface area contributed by atoms with E-state index >= 15 is 0 Å². The molecule has 1 fully saturated rings. The molecule has 1 aliphatic heterocycles. The molecule has 0 saturated carbocycles. The first-order valence-electron chi connectivity index (χ1n) is 6.40. The number of ether oxygens (including phenoxy) is 2. The van der Waals surface area contributed by atoms with Crippen LogP contribution >= 0.6 is 0 Å². The van der Waals surface area contributed by atoms with Gasteiger partial charge in [-0.25, -0.2) is 0 Å². The Bertz CT molecular complexity index is 395. The van der Waals surface area contributed by atoms with Gasteiger partial charge in [0.25, 0.3) is 0 Å². The largest absolute Gasteiger partial charge is 0.497 e. The molecule has 1 aliphatic rings. The van der Waals surface area contributed by atoms with Crippen molar-refractivity contribution in [3.63, 3.8) is 0 Å². The van der Waals surface area contributed by atoms with Crippen molar-refractivity contribution in [2.24, 2.45) is 0 Å². The first-order valence-corrected chi connectivity index (χ1v) is 6.40. The summed E-state index contributed by atoms with van der Waals surface area (Å²) in [7, 11) is 5.54. The third-order valence-electron chi connectivity index (χ3n) is 3.39. The second kappa shape index (κ2) is 5.96. The van der Waals surface area contributed by atoms with Crippen molar-refractivity contribution < 1.29 is 9.47 Å². The predicted octanol–water partition coefficient (Wildman–Crippen LogP) is 2.21. The van der Waals surface area contributed by atoms with Gasteiger partial charge in [0.05, 0.1) is 19.9 Å². The van der Waals surface area contributed by atoms with Crippen LogP contribution in [0.2, 0.25) is 0 Å². The number of nitrogens with one attached hydrogen (secondary N) is 1. The van der Waals surface area contributed by atoms with Crippen LogP contribution in [0.4, 0.5) is 5.69 Å². The molecule has 1 aromatic carbocycles. The Morgan fingerprint density at radius 1 is 1.28 bits per heavy atom. The highest BCUT2D eigenvalue weighted by Crippen LogP contribution is 2.30. The summed E-state index contributed by atoms with van der Waals surface area (Å²) in [5.41, 5.74) is 1.01. The summed E-state index contributed by atoms with van der Waals surface area (Å²) in [6, 6.07) is 6.32. The van der Waals surface area contributed by atoms with Crippen LogP contribution in [0.25, 0.3) is 0 Å². The fourth-order valence-electron chi connectivity index (χ4n) is 2.43. The number of methoxy groups -OCH3 is 2. The summed E-state index contributed by atoms with van der Waals surface area (Å²) in [5.74, 6) is 1.71. The quantitative estimate of drug-likeness (QED) is 0.888. The van der Waals surface area contributed by atoms with E-state index in [1.807, 2.05) is 18.2 Å². The van der Waals surface area contributed by atoms with Crippen LogP contribution in [0.15, 0.2) is 18.2 Å². The zero-order valence-corrected chi connectivity index (χ0v) is 11.4. The molecule has 0 spiro atoms. The molecular weight excluding hydrogens is 228 g/mol. The summed E-state index contributed by atoms with van der Waals surface area (Å²) in [5, 5.41) is 3.56. The monoisotopic (exact) mass is 250 g/mol. The van der Waals surface area contributed by atoms with Gasteiger partial charge in [0.15, 0.2) is 0 Å². The Labute approximate surface area is 109 Å². The minimum Gasteiger partial charge on any atom is -0.497 e. The second-order valence-electron chi connectivity index (χ2n) is 4.81. The number of anilines is 1. The van der Waals surface area contributed by atoms with Crippen molar-refractivity contribution in [1.29, 1.82) is 0 Å². The Hall–Kier alpha value is -1.42. The van der Waals surface area contributed by atoms with Crippen LogP contribution in [0.3, 0.4) is 0 Å². The van der Waals surface area contributed by atoms with Crippen molar-refractivity contribution in [3.8, 4) is 11.5 Å². The number of piperidine rings is 1. The zero-order valence-electron chi connectivity index (χ0n) is 11.4. The molecule has 1 N–H and O–H groups in total. The number of benzene rings is 1. The maximum Gasteiger partial charge on any atom is 0.142 e. The molecule has 4 heteroatoms. The lowest BCUT2D eigenvalue weighted by molar-refractivity contribution is 0.260. The highest BCUT2D eigenvalue weighted by atomic mass is 16.5. The number of likely N-dealkylation sites (tertiary alicyclic amines) is 1. The van der Waals surface area contributed by atoms with Gasteiger partial charge in [0.1, 0.15) is 11.5 Å². The van der Waals surface area contributed by atoms with E-state index in [0.29, 0.717) is 6.04 Å². The fourth-order valence-corrected chi connectivity index (χ4v) is 2.43. The lowest BCUT2D eigenvalue weighted by Gasteiger charge is -2.31. The number of rotatable bonds is 4. The molecule has 0 bridgehead atoms. The highest BCUT2D eigenvalue weighted by molar-refractivity contribution is 5.60. The number of hydrogen-bond donors (Lipinski definition) is 1. The normalized spacial score (nSPS) is 20.5. The molecule has 0 aromatic heterocycles. The summed E-state index contributed by atoms with van der Waals surface area (Å²) < 4.78 is 10.6. The Morgan fingerprint density at radius 3 is 2.78 bits per heavy atom. The molecular formula is C14H22N2O2. The lowest BCUT2D eigenvalue weighted by Crippen LogP contribution is -2.39. The van der Waals surface area contributed by atoms with Gasteiger partial charge in [-0.2, -0.15) is 0 Å². The molecule has 1 unspecified atom stereocenters. The third kappa shape index (κ3) is 3.07. The average molecular weight is 250 g/mol. The minimum atomic E-state index is 0.477. The average Bonchev–Trinajstić information content (AvgIpc) is 2.38. The van der Waals surface area contributed by atoms with Crippen LogP contribution < -0.4 is 14.8 Å². The Kier molecular flexibility index (Phi) is 4.31. The number of nitrogens with zero attached hydrogens (tertiary/aromatic N) is 1. The molecule has 1 aromatic rings. The Morgan fingerprint density at radius 2 is 2.11 bits per heavy atom. The molecule has 0 amide bonds. The van der Waals surface area contributed by atoms with Crippen LogP contribution in [0, 0.1) is 0 Å². The maximum absolute atomic E-state index is 5.38. The fraction of sp³-hybridized carbons (Fsp3) is 0.571. The molecule has 0 radical (unpaired) electrons. The summed E-state index contributed by atoms with van der Waals surface area (Å²) in [4.78, 5) is 2.35. The summed E-state index contributed by atoms with van der Waals surface area (Å²) in [6.45, 7) is 2.26. The van der Waals surface area contributed by atoms with Gasteiger partial charge in [0.2, 0.25) is 0 Å². The first-order chi connectivity index (χ1) is 8.72. The van der Waals surface area contributed by atoms with E-state index in [4.69, 9.17) is 9.47 Å². The van der Waals surface area contributed by atoms with Gasteiger partial charge in [-0.1, -0.05) is 0 Å². The summed E-state index contributed by atoms with van der Waals surface area (Å²) >= 11 is 0. The van der Waals surface area contributed by atoms with Gasteiger partial charge < -0.3 is 19.7 Å². The van der Waals surface area contributed by atoms with E-state index in [9.17, 15) is 0 Å². The number of hydrogen-bond acceptors (Lipinski definition) is 4. The van der Waals surface area contributed by atoms with Gasteiger partial charge in [-0.3, -0.25) is 0 Å². The van der Waals surface area contributed by atoms with E-state index < -0.39 is 0 Å². The third-order valence-corrected chi connectivity index (χ3v) is 3.39. The van der Waals surface area contributed by atoms with Crippen LogP contribution in [-0.4, -0.2) is 45.3 Å². The molecule has 0 aliphatic carbocycles. The van der Waals surface area contributed by atoms with Gasteiger partial charge >= 0.3 is 0 Å². The van der Waals surface area contributed by atoms with E-state index in [1.165, 1.54) is 19.4 Å². The van der Waals surface area contributed by atoms with Crippen molar-refractivity contribution >= 4 is 5.69 Å². The van der Waals surface area contributed by atoms with Crippen LogP contribution in [0.1, 0.15) is 12.8 Å². The topological polar surface area (TPSA) is 33.7 Å². The highest BCUT2D eigenvalue weighted by Gasteiger charge is 2.18. The van der Waals surface area contributed by atoms with E-state index in [1.54, 1.807) is 14.2 Å². The van der Waals surface area contributed by atoms with Gasteiger partial charge in [-0.15, -0.1) is 0 Å². The lowest BCUT2D eigenvalue weighted by atomic mass is 10.1. The standard InChI is InChI=1S/C14H22N2O2/c1-16-8-4-5-11(10-16)15-13-9-12(17-2)6-7-14(13)18-3/h6-7,9,11,15H,4-5,8,10H2,1-3H3. The van der Waals surface area contributed by atoms with Crippen LogP contribution in [0.5, 0.6) is 11.5 Å². The predicted molar refractivity (Wildman–Crippen MR) is 73.7 cm³/mol. The van der Waals surface area contributed by atoms with Crippen molar-refractivity contribution in [2.75, 3.05) is 39.7 Å². The van der Waals surface area contributed by atoms with Crippen LogP contribution in [-0.2, 0) is 0 Å². The van der Waals surface area contributed by atoms with Gasteiger partial charge in [0, 0.05) is 18.7 Å². The SMILES string of the molecule is COc1ccc(OC)c(NC2CCCN(C)C2)c1. The Balaban J connectivity index is 2.11. The van der Waals surface area contributed by atoms with Crippen molar-refractivity contribution in [3.05, 3.63) is 18.2 Å². The van der Waals surface area contributed by atoms with E-state index in [-0.39, 0.29) is 0 Å². The molecule has 1 heterocycles. The zero-order chi connectivity index (χ0) is 13.0. The minimum absolute atomic E-state index is 0.477. The first kappa shape index (κ1) is 13.0. The second-order valence-corrected chi connectivity index (χ2v) is 4.81. The summed E-state index contributed by atoms with van der Waals surface area (Å²) in [6.07, 6.45) is 2.44. The molecule has 1 atom stereocenters. The van der Waals surface area contributed by atoms with Crippen molar-refractivity contribution in [1.82, 2.24) is 4.90 Å². The smallest absolute Gasteiger partial charge is 0.142 e. The van der Waals surface area contributed by atoms with E-state index in [2.05, 4.69) is 17.3 Å². The maximum atomic E-state index is 5.38.